The predicted octanol–water partition coefficient (Wildman–Crippen LogP) is -0.307. The zero-order valence-electron chi connectivity index (χ0n) is 8.95. The van der Waals surface area contributed by atoms with Crippen LogP contribution in [0.2, 0.25) is 0 Å². The van der Waals surface area contributed by atoms with Gasteiger partial charge < -0.3 is 21.3 Å². The summed E-state index contributed by atoms with van der Waals surface area (Å²) in [6.07, 6.45) is 1.15. The van der Waals surface area contributed by atoms with Crippen molar-refractivity contribution in [1.29, 1.82) is 0 Å². The van der Waals surface area contributed by atoms with Gasteiger partial charge in [-0.1, -0.05) is 13.8 Å². The van der Waals surface area contributed by atoms with Crippen molar-refractivity contribution in [3.05, 3.63) is 0 Å². The molecule has 2 unspecified atom stereocenters. The molecule has 0 spiro atoms. The third-order valence-corrected chi connectivity index (χ3v) is 1.65. The summed E-state index contributed by atoms with van der Waals surface area (Å²) in [5, 5.41) is 20.2. The molecule has 0 aromatic heterocycles. The number of nitrogens with one attached hydrogen (secondary N) is 1. The Labute approximate surface area is 81.1 Å². The molecule has 0 radical (unpaired) electrons. The Hall–Kier alpha value is -0.160. The summed E-state index contributed by atoms with van der Waals surface area (Å²) in [4.78, 5) is 0. The Balaban J connectivity index is 0. The van der Waals surface area contributed by atoms with Gasteiger partial charge in [0.15, 0.2) is 0 Å². The lowest BCUT2D eigenvalue weighted by atomic mass is 10.3. The second kappa shape index (κ2) is 11.8. The van der Waals surface area contributed by atoms with Gasteiger partial charge >= 0.3 is 0 Å². The molecule has 0 fully saturated rings. The maximum atomic E-state index is 8.80. The first-order valence-corrected chi connectivity index (χ1v) is 4.83. The Bertz CT molecular complexity index is 87.7. The zero-order chi connectivity index (χ0) is 10.7. The number of hydrogen-bond acceptors (Lipinski definition) is 4. The van der Waals surface area contributed by atoms with Crippen LogP contribution in [0.3, 0.4) is 0 Å². The topological polar surface area (TPSA) is 78.5 Å². The van der Waals surface area contributed by atoms with Gasteiger partial charge in [-0.25, -0.2) is 0 Å². The third kappa shape index (κ3) is 14.7. The molecule has 0 aromatic rings. The van der Waals surface area contributed by atoms with Crippen molar-refractivity contribution < 1.29 is 10.2 Å². The monoisotopic (exact) mass is 192 g/mol. The largest absolute Gasteiger partial charge is 0.392 e. The van der Waals surface area contributed by atoms with E-state index in [0.717, 1.165) is 12.8 Å². The molecule has 0 aromatic carbocycles. The summed E-state index contributed by atoms with van der Waals surface area (Å²) in [5.74, 6) is 0. The zero-order valence-corrected chi connectivity index (χ0v) is 8.95. The molecular weight excluding hydrogens is 168 g/mol. The molecular formula is C9H24N2O2. The smallest absolute Gasteiger partial charge is 0.0661 e. The normalized spacial score (nSPS) is 14.3. The minimum Gasteiger partial charge on any atom is -0.392 e. The van der Waals surface area contributed by atoms with Gasteiger partial charge in [-0.2, -0.15) is 0 Å². The lowest BCUT2D eigenvalue weighted by Gasteiger charge is -2.03. The molecule has 13 heavy (non-hydrogen) atoms. The molecule has 2 atom stereocenters. The van der Waals surface area contributed by atoms with Gasteiger partial charge in [0, 0.05) is 13.1 Å². The highest BCUT2D eigenvalue weighted by atomic mass is 16.3. The van der Waals surface area contributed by atoms with E-state index in [1.165, 1.54) is 0 Å². The van der Waals surface area contributed by atoms with Crippen LogP contribution in [0.4, 0.5) is 0 Å². The van der Waals surface area contributed by atoms with Crippen molar-refractivity contribution in [2.75, 3.05) is 20.1 Å². The first-order chi connectivity index (χ1) is 6.12. The molecule has 0 amide bonds. The number of nitrogens with two attached hydrogens (primary N) is 1. The number of aliphatic hydroxyl groups excluding tert-OH is 2. The molecule has 82 valence electrons. The Morgan fingerprint density at radius 2 is 1.62 bits per heavy atom. The first kappa shape index (κ1) is 15.3. The third-order valence-electron chi connectivity index (χ3n) is 1.65. The van der Waals surface area contributed by atoms with Gasteiger partial charge in [-0.3, -0.25) is 0 Å². The van der Waals surface area contributed by atoms with Gasteiger partial charge in [0.1, 0.15) is 0 Å². The van der Waals surface area contributed by atoms with Crippen LogP contribution >= 0.6 is 0 Å². The van der Waals surface area contributed by atoms with E-state index in [1.807, 2.05) is 20.9 Å². The molecule has 0 saturated carbocycles. The van der Waals surface area contributed by atoms with Crippen molar-refractivity contribution in [2.45, 2.75) is 38.9 Å². The van der Waals surface area contributed by atoms with E-state index < -0.39 is 0 Å². The maximum absolute atomic E-state index is 8.80. The molecule has 0 aliphatic heterocycles. The van der Waals surface area contributed by atoms with Gasteiger partial charge in [0.2, 0.25) is 0 Å². The molecule has 5 N–H and O–H groups in total. The van der Waals surface area contributed by atoms with Gasteiger partial charge in [0.25, 0.3) is 0 Å². The average molecular weight is 192 g/mol. The number of rotatable bonds is 5. The van der Waals surface area contributed by atoms with E-state index in [1.54, 1.807) is 0 Å². The lowest BCUT2D eigenvalue weighted by Crippen LogP contribution is -2.22. The fourth-order valence-corrected chi connectivity index (χ4v) is 0.547. The quantitative estimate of drug-likeness (QED) is 0.482. The van der Waals surface area contributed by atoms with Gasteiger partial charge in [-0.15, -0.1) is 0 Å². The summed E-state index contributed by atoms with van der Waals surface area (Å²) < 4.78 is 0. The average Bonchev–Trinajstić information content (AvgIpc) is 2.18. The fourth-order valence-electron chi connectivity index (χ4n) is 0.547. The van der Waals surface area contributed by atoms with Crippen molar-refractivity contribution in [2.24, 2.45) is 5.73 Å². The lowest BCUT2D eigenvalue weighted by molar-refractivity contribution is 0.170. The van der Waals surface area contributed by atoms with Crippen molar-refractivity contribution in [3.8, 4) is 0 Å². The van der Waals surface area contributed by atoms with Crippen LogP contribution in [0.15, 0.2) is 0 Å². The number of hydrogen-bond donors (Lipinski definition) is 4. The summed E-state index contributed by atoms with van der Waals surface area (Å²) in [7, 11) is 1.83. The Kier molecular flexibility index (Phi) is 14.0. The standard InChI is InChI=1S/C5H13NO.C4H11NO/c1-3-5(7)4-6-2;1-2-4(6)3-5/h5-7H,3-4H2,1-2H3;4,6H,2-3,5H2,1H3. The van der Waals surface area contributed by atoms with E-state index in [-0.39, 0.29) is 12.2 Å². The van der Waals surface area contributed by atoms with Crippen LogP contribution < -0.4 is 11.1 Å². The second-order valence-electron chi connectivity index (χ2n) is 2.92. The Morgan fingerprint density at radius 1 is 1.15 bits per heavy atom. The van der Waals surface area contributed by atoms with Crippen molar-refractivity contribution in [3.63, 3.8) is 0 Å². The summed E-state index contributed by atoms with van der Waals surface area (Å²) in [6, 6.07) is 0. The van der Waals surface area contributed by atoms with Gasteiger partial charge in [0.05, 0.1) is 12.2 Å². The van der Waals surface area contributed by atoms with Crippen LogP contribution in [0, 0.1) is 0 Å². The summed E-state index contributed by atoms with van der Waals surface area (Å²) in [5.41, 5.74) is 5.03. The first-order valence-electron chi connectivity index (χ1n) is 4.83. The van der Waals surface area contributed by atoms with E-state index in [9.17, 15) is 0 Å². The van der Waals surface area contributed by atoms with Gasteiger partial charge in [-0.05, 0) is 19.9 Å². The summed E-state index contributed by atoms with van der Waals surface area (Å²) in [6.45, 7) is 4.95. The molecule has 0 aliphatic rings. The van der Waals surface area contributed by atoms with Crippen molar-refractivity contribution in [1.82, 2.24) is 5.32 Å². The molecule has 4 nitrogen and oxygen atoms in total. The minimum absolute atomic E-state index is 0.162. The highest BCUT2D eigenvalue weighted by molar-refractivity contribution is 4.51. The molecule has 0 heterocycles. The maximum Gasteiger partial charge on any atom is 0.0661 e. The molecule has 0 aliphatic carbocycles. The van der Waals surface area contributed by atoms with Crippen LogP contribution in [0.25, 0.3) is 0 Å². The number of likely N-dealkylation sites (N-methyl/N-ethyl adjacent to an activating group) is 1. The molecule has 0 saturated heterocycles. The molecule has 0 bridgehead atoms. The van der Waals surface area contributed by atoms with Crippen molar-refractivity contribution >= 4 is 0 Å². The van der Waals surface area contributed by atoms with E-state index in [2.05, 4.69) is 5.32 Å². The molecule has 4 heteroatoms. The minimum atomic E-state index is -0.287. The van der Waals surface area contributed by atoms with Crippen LogP contribution in [0.1, 0.15) is 26.7 Å². The van der Waals surface area contributed by atoms with E-state index in [0.29, 0.717) is 13.1 Å². The predicted molar refractivity (Wildman–Crippen MR) is 55.6 cm³/mol. The van der Waals surface area contributed by atoms with Crippen LogP contribution in [-0.4, -0.2) is 42.6 Å². The van der Waals surface area contributed by atoms with E-state index >= 15 is 0 Å². The Morgan fingerprint density at radius 3 is 1.69 bits per heavy atom. The van der Waals surface area contributed by atoms with Crippen LogP contribution in [-0.2, 0) is 0 Å². The number of aliphatic hydroxyl groups is 2. The van der Waals surface area contributed by atoms with Crippen LogP contribution in [0.5, 0.6) is 0 Å². The SMILES string of the molecule is CCC(O)CN.CCC(O)CNC. The molecule has 0 rings (SSSR count). The summed E-state index contributed by atoms with van der Waals surface area (Å²) >= 11 is 0. The highest BCUT2D eigenvalue weighted by Crippen LogP contribution is 1.83. The fraction of sp³-hybridized carbons (Fsp3) is 1.00. The van der Waals surface area contributed by atoms with E-state index in [4.69, 9.17) is 15.9 Å². The second-order valence-corrected chi connectivity index (χ2v) is 2.92. The highest BCUT2D eigenvalue weighted by Gasteiger charge is 1.94.